The van der Waals surface area contributed by atoms with E-state index in [1.807, 2.05) is 19.1 Å². The Morgan fingerprint density at radius 1 is 1.52 bits per heavy atom. The third-order valence-corrected chi connectivity index (χ3v) is 3.97. The second kappa shape index (κ2) is 6.61. The SMILES string of the molecule is CCCC(C(=O)N1CCCc2cc(C)ccc21)C(N)=NO. The number of rotatable bonds is 4. The van der Waals surface area contributed by atoms with Crippen molar-refractivity contribution in [1.82, 2.24) is 0 Å². The topological polar surface area (TPSA) is 78.9 Å². The maximum atomic E-state index is 12.8. The Morgan fingerprint density at radius 2 is 2.29 bits per heavy atom. The van der Waals surface area contributed by atoms with Crippen molar-refractivity contribution in [2.24, 2.45) is 16.8 Å². The van der Waals surface area contributed by atoms with Crippen molar-refractivity contribution in [2.45, 2.75) is 39.5 Å². The lowest BCUT2D eigenvalue weighted by atomic mass is 9.95. The number of benzene rings is 1. The summed E-state index contributed by atoms with van der Waals surface area (Å²) >= 11 is 0. The van der Waals surface area contributed by atoms with Crippen LogP contribution < -0.4 is 10.6 Å². The van der Waals surface area contributed by atoms with E-state index in [0.29, 0.717) is 13.0 Å². The quantitative estimate of drug-likeness (QED) is 0.387. The number of fused-ring (bicyclic) bond motifs is 1. The van der Waals surface area contributed by atoms with Gasteiger partial charge in [-0.15, -0.1) is 0 Å². The van der Waals surface area contributed by atoms with Gasteiger partial charge in [-0.25, -0.2) is 0 Å². The smallest absolute Gasteiger partial charge is 0.237 e. The van der Waals surface area contributed by atoms with E-state index in [2.05, 4.69) is 18.1 Å². The number of amidine groups is 1. The molecule has 5 nitrogen and oxygen atoms in total. The second-order valence-corrected chi connectivity index (χ2v) is 5.59. The van der Waals surface area contributed by atoms with Gasteiger partial charge in [-0.1, -0.05) is 36.2 Å². The molecule has 114 valence electrons. The fourth-order valence-corrected chi connectivity index (χ4v) is 2.90. The van der Waals surface area contributed by atoms with Crippen LogP contribution in [0.4, 0.5) is 5.69 Å². The molecule has 21 heavy (non-hydrogen) atoms. The highest BCUT2D eigenvalue weighted by Crippen LogP contribution is 2.29. The van der Waals surface area contributed by atoms with Crippen LogP contribution >= 0.6 is 0 Å². The summed E-state index contributed by atoms with van der Waals surface area (Å²) in [6, 6.07) is 6.15. The Kier molecular flexibility index (Phi) is 4.83. The van der Waals surface area contributed by atoms with Crippen molar-refractivity contribution in [3.8, 4) is 0 Å². The molecule has 2 rings (SSSR count). The van der Waals surface area contributed by atoms with Crippen LogP contribution in [0, 0.1) is 12.8 Å². The van der Waals surface area contributed by atoms with Gasteiger partial charge in [0.15, 0.2) is 5.84 Å². The van der Waals surface area contributed by atoms with Crippen LogP contribution in [0.1, 0.15) is 37.3 Å². The predicted octanol–water partition coefficient (Wildman–Crippen LogP) is 2.44. The molecule has 5 heteroatoms. The van der Waals surface area contributed by atoms with E-state index in [0.717, 1.165) is 24.9 Å². The molecule has 1 unspecified atom stereocenters. The van der Waals surface area contributed by atoms with E-state index < -0.39 is 5.92 Å². The summed E-state index contributed by atoms with van der Waals surface area (Å²) in [5.41, 5.74) is 9.07. The number of amides is 1. The number of nitrogens with zero attached hydrogens (tertiary/aromatic N) is 2. The molecule has 0 bridgehead atoms. The Morgan fingerprint density at radius 3 is 2.95 bits per heavy atom. The van der Waals surface area contributed by atoms with E-state index in [1.54, 1.807) is 4.90 Å². The average Bonchev–Trinajstić information content (AvgIpc) is 2.50. The summed E-state index contributed by atoms with van der Waals surface area (Å²) < 4.78 is 0. The Labute approximate surface area is 125 Å². The molecule has 1 atom stereocenters. The van der Waals surface area contributed by atoms with Crippen LogP contribution in [-0.4, -0.2) is 23.5 Å². The Hall–Kier alpha value is -2.04. The summed E-state index contributed by atoms with van der Waals surface area (Å²) in [6.45, 7) is 4.73. The molecule has 3 N–H and O–H groups in total. The van der Waals surface area contributed by atoms with Gasteiger partial charge in [0.25, 0.3) is 0 Å². The lowest BCUT2D eigenvalue weighted by Gasteiger charge is -2.32. The third-order valence-electron chi connectivity index (χ3n) is 3.97. The molecule has 1 aromatic carbocycles. The molecule has 0 saturated carbocycles. The fourth-order valence-electron chi connectivity index (χ4n) is 2.90. The number of nitrogens with two attached hydrogens (primary N) is 1. The molecule has 1 aliphatic heterocycles. The highest BCUT2D eigenvalue weighted by atomic mass is 16.4. The average molecular weight is 289 g/mol. The normalized spacial score (nSPS) is 16.5. The first-order valence-electron chi connectivity index (χ1n) is 7.46. The first kappa shape index (κ1) is 15.4. The summed E-state index contributed by atoms with van der Waals surface area (Å²) in [7, 11) is 0. The Bertz CT molecular complexity index is 554. The minimum Gasteiger partial charge on any atom is -0.409 e. The van der Waals surface area contributed by atoms with Crippen molar-refractivity contribution in [3.05, 3.63) is 29.3 Å². The second-order valence-electron chi connectivity index (χ2n) is 5.59. The predicted molar refractivity (Wildman–Crippen MR) is 83.7 cm³/mol. The first-order chi connectivity index (χ1) is 10.1. The van der Waals surface area contributed by atoms with Crippen molar-refractivity contribution in [2.75, 3.05) is 11.4 Å². The van der Waals surface area contributed by atoms with Crippen LogP contribution in [0.3, 0.4) is 0 Å². The zero-order chi connectivity index (χ0) is 15.4. The van der Waals surface area contributed by atoms with E-state index >= 15 is 0 Å². The summed E-state index contributed by atoms with van der Waals surface area (Å²) in [6.07, 6.45) is 3.33. The lowest BCUT2D eigenvalue weighted by molar-refractivity contribution is -0.120. The summed E-state index contributed by atoms with van der Waals surface area (Å²) in [5.74, 6) is -0.620. The number of hydrogen-bond donors (Lipinski definition) is 2. The van der Waals surface area contributed by atoms with E-state index in [9.17, 15) is 4.79 Å². The van der Waals surface area contributed by atoms with Crippen molar-refractivity contribution < 1.29 is 10.0 Å². The third kappa shape index (κ3) is 3.17. The molecule has 1 amide bonds. The largest absolute Gasteiger partial charge is 0.409 e. The zero-order valence-corrected chi connectivity index (χ0v) is 12.7. The minimum atomic E-state index is -0.549. The summed E-state index contributed by atoms with van der Waals surface area (Å²) in [4.78, 5) is 14.6. The fraction of sp³-hybridized carbons (Fsp3) is 0.500. The van der Waals surface area contributed by atoms with Crippen molar-refractivity contribution in [3.63, 3.8) is 0 Å². The van der Waals surface area contributed by atoms with E-state index in [4.69, 9.17) is 10.9 Å². The number of aryl methyl sites for hydroxylation is 2. The van der Waals surface area contributed by atoms with Gasteiger partial charge in [-0.05, 0) is 37.8 Å². The molecule has 0 aliphatic carbocycles. The monoisotopic (exact) mass is 289 g/mol. The molecular weight excluding hydrogens is 266 g/mol. The van der Waals surface area contributed by atoms with Gasteiger partial charge >= 0.3 is 0 Å². The Balaban J connectivity index is 2.32. The number of carbonyl (C=O) groups excluding carboxylic acids is 1. The van der Waals surface area contributed by atoms with Crippen LogP contribution in [0.25, 0.3) is 0 Å². The molecule has 1 aromatic rings. The molecule has 1 heterocycles. The first-order valence-corrected chi connectivity index (χ1v) is 7.46. The molecular formula is C16H23N3O2. The van der Waals surface area contributed by atoms with Gasteiger partial charge in [-0.3, -0.25) is 4.79 Å². The molecule has 0 saturated heterocycles. The number of oxime groups is 1. The van der Waals surface area contributed by atoms with E-state index in [1.165, 1.54) is 11.1 Å². The minimum absolute atomic E-state index is 0.00100. The number of carbonyl (C=O) groups is 1. The molecule has 1 aliphatic rings. The van der Waals surface area contributed by atoms with E-state index in [-0.39, 0.29) is 11.7 Å². The highest BCUT2D eigenvalue weighted by molar-refractivity contribution is 6.09. The van der Waals surface area contributed by atoms with Gasteiger partial charge < -0.3 is 15.8 Å². The van der Waals surface area contributed by atoms with Crippen LogP contribution in [0.15, 0.2) is 23.4 Å². The van der Waals surface area contributed by atoms with Crippen molar-refractivity contribution in [1.29, 1.82) is 0 Å². The van der Waals surface area contributed by atoms with Crippen LogP contribution in [0.5, 0.6) is 0 Å². The van der Waals surface area contributed by atoms with Crippen LogP contribution in [-0.2, 0) is 11.2 Å². The standard InChI is InChI=1S/C16H23N3O2/c1-3-5-13(15(17)18-21)16(20)19-9-4-6-12-10-11(2)7-8-14(12)19/h7-8,10,13,21H,3-6,9H2,1-2H3,(H2,17,18). The highest BCUT2D eigenvalue weighted by Gasteiger charge is 2.30. The maximum Gasteiger partial charge on any atom is 0.237 e. The molecule has 0 spiro atoms. The molecule has 0 aromatic heterocycles. The molecule has 0 fully saturated rings. The summed E-state index contributed by atoms with van der Waals surface area (Å²) in [5, 5.41) is 11.9. The molecule has 0 radical (unpaired) electrons. The van der Waals surface area contributed by atoms with Crippen molar-refractivity contribution >= 4 is 17.4 Å². The zero-order valence-electron chi connectivity index (χ0n) is 12.7. The maximum absolute atomic E-state index is 12.8. The van der Waals surface area contributed by atoms with Gasteiger partial charge in [0.2, 0.25) is 5.91 Å². The van der Waals surface area contributed by atoms with Gasteiger partial charge in [-0.2, -0.15) is 0 Å². The van der Waals surface area contributed by atoms with Gasteiger partial charge in [0, 0.05) is 12.2 Å². The number of hydrogen-bond acceptors (Lipinski definition) is 3. The van der Waals surface area contributed by atoms with Gasteiger partial charge in [0.05, 0.1) is 5.92 Å². The van der Waals surface area contributed by atoms with Gasteiger partial charge in [0.1, 0.15) is 0 Å². The number of anilines is 1. The lowest BCUT2D eigenvalue weighted by Crippen LogP contribution is -2.44. The van der Waals surface area contributed by atoms with Crippen LogP contribution in [0.2, 0.25) is 0 Å².